The molecule has 1 amide bonds. The molecule has 158 valence electrons. The highest BCUT2D eigenvalue weighted by Gasteiger charge is 2.27. The minimum atomic E-state index is -2.74. The van der Waals surface area contributed by atoms with Gasteiger partial charge in [0.2, 0.25) is 16.8 Å². The van der Waals surface area contributed by atoms with Crippen molar-refractivity contribution in [1.29, 1.82) is 0 Å². The second-order valence-electron chi connectivity index (χ2n) is 7.44. The van der Waals surface area contributed by atoms with E-state index in [1.54, 1.807) is 52.0 Å². The number of aromatic amines is 1. The van der Waals surface area contributed by atoms with Gasteiger partial charge in [-0.25, -0.2) is 18.2 Å². The molecule has 0 aliphatic carbocycles. The second kappa shape index (κ2) is 9.55. The number of carbonyl (C=O) groups excluding carboxylic acids is 2. The number of esters is 1. The van der Waals surface area contributed by atoms with Crippen molar-refractivity contribution < 1.29 is 22.7 Å². The van der Waals surface area contributed by atoms with Gasteiger partial charge < -0.3 is 15.0 Å². The summed E-state index contributed by atoms with van der Waals surface area (Å²) in [5, 5.41) is 2.96. The standard InChI is InChI=1S/C19H26N4O5S/c1-5-28-17(24)15-11-20-16(21-15)14(22-18(25)19(2,3)4)10-12-6-8-13(9-7-12)23-29(26)27/h6-9,11,14,29H,5,10H2,1-4H3,(H,20,21)(H,22,25)(H,23,26,27)/t14-/m0/s1. The summed E-state index contributed by atoms with van der Waals surface area (Å²) < 4.78 is 28.8. The fourth-order valence-corrected chi connectivity index (χ4v) is 2.83. The lowest BCUT2D eigenvalue weighted by atomic mass is 9.94. The highest BCUT2D eigenvalue weighted by molar-refractivity contribution is 7.73. The number of anilines is 1. The quantitative estimate of drug-likeness (QED) is 0.380. The Bertz CT molecular complexity index is 921. The molecule has 0 fully saturated rings. The van der Waals surface area contributed by atoms with E-state index in [-0.39, 0.29) is 18.2 Å². The van der Waals surface area contributed by atoms with E-state index in [1.807, 2.05) is 0 Å². The highest BCUT2D eigenvalue weighted by atomic mass is 32.2. The lowest BCUT2D eigenvalue weighted by Gasteiger charge is -2.23. The molecule has 0 bridgehead atoms. The van der Waals surface area contributed by atoms with E-state index in [1.165, 1.54) is 6.20 Å². The molecule has 0 unspecified atom stereocenters. The lowest BCUT2D eigenvalue weighted by Crippen LogP contribution is -2.38. The molecule has 0 radical (unpaired) electrons. The van der Waals surface area contributed by atoms with Gasteiger partial charge >= 0.3 is 5.97 Å². The smallest absolute Gasteiger partial charge is 0.358 e. The molecular weight excluding hydrogens is 396 g/mol. The monoisotopic (exact) mass is 422 g/mol. The number of imidazole rings is 1. The van der Waals surface area contributed by atoms with E-state index >= 15 is 0 Å². The molecule has 0 aliphatic heterocycles. The molecule has 29 heavy (non-hydrogen) atoms. The van der Waals surface area contributed by atoms with Crippen molar-refractivity contribution in [2.75, 3.05) is 11.3 Å². The summed E-state index contributed by atoms with van der Waals surface area (Å²) in [6, 6.07) is 6.27. The summed E-state index contributed by atoms with van der Waals surface area (Å²) in [7, 11) is -2.74. The Hall–Kier alpha value is -2.88. The van der Waals surface area contributed by atoms with Gasteiger partial charge in [-0.15, -0.1) is 0 Å². The predicted molar refractivity (Wildman–Crippen MR) is 109 cm³/mol. The van der Waals surface area contributed by atoms with Crippen molar-refractivity contribution in [3.05, 3.63) is 47.5 Å². The molecular formula is C19H26N4O5S. The van der Waals surface area contributed by atoms with Gasteiger partial charge in [0.25, 0.3) is 0 Å². The number of amides is 1. The number of benzene rings is 1. The molecule has 0 aliphatic rings. The number of nitrogens with one attached hydrogen (secondary N) is 3. The zero-order chi connectivity index (χ0) is 21.6. The molecule has 1 aromatic carbocycles. The predicted octanol–water partition coefficient (Wildman–Crippen LogP) is 1.97. The van der Waals surface area contributed by atoms with Gasteiger partial charge in [0.05, 0.1) is 12.6 Å². The number of aromatic nitrogens is 2. The largest absolute Gasteiger partial charge is 0.461 e. The van der Waals surface area contributed by atoms with E-state index < -0.39 is 28.3 Å². The molecule has 10 heteroatoms. The van der Waals surface area contributed by atoms with Crippen molar-refractivity contribution in [3.8, 4) is 0 Å². The first-order valence-electron chi connectivity index (χ1n) is 9.13. The molecule has 0 saturated carbocycles. The third kappa shape index (κ3) is 6.60. The molecule has 2 rings (SSSR count). The van der Waals surface area contributed by atoms with Crippen LogP contribution in [0.2, 0.25) is 0 Å². The van der Waals surface area contributed by atoms with Gasteiger partial charge in [-0.3, -0.25) is 9.52 Å². The van der Waals surface area contributed by atoms with E-state index in [4.69, 9.17) is 4.74 Å². The summed E-state index contributed by atoms with van der Waals surface area (Å²) in [5.74, 6) is -0.285. The normalized spacial score (nSPS) is 12.4. The summed E-state index contributed by atoms with van der Waals surface area (Å²) in [4.78, 5) is 31.7. The molecule has 1 atom stereocenters. The fraction of sp³-hybridized carbons (Fsp3) is 0.421. The van der Waals surface area contributed by atoms with Crippen molar-refractivity contribution in [2.45, 2.75) is 40.2 Å². The first-order chi connectivity index (χ1) is 13.6. The maximum Gasteiger partial charge on any atom is 0.358 e. The molecule has 1 aromatic heterocycles. The summed E-state index contributed by atoms with van der Waals surface area (Å²) in [6.45, 7) is 7.35. The minimum absolute atomic E-state index is 0.135. The number of thiol groups is 1. The maximum absolute atomic E-state index is 12.5. The van der Waals surface area contributed by atoms with Crippen LogP contribution in [-0.2, 0) is 26.8 Å². The average molecular weight is 423 g/mol. The third-order valence-electron chi connectivity index (χ3n) is 4.01. The van der Waals surface area contributed by atoms with Crippen molar-refractivity contribution in [3.63, 3.8) is 0 Å². The summed E-state index contributed by atoms with van der Waals surface area (Å²) in [5.41, 5.74) is 0.825. The number of rotatable bonds is 8. The zero-order valence-corrected chi connectivity index (χ0v) is 17.7. The SMILES string of the molecule is CCOC(=O)c1c[nH]c([C@H](Cc2ccc(N[SH](=O)=O)cc2)NC(=O)C(C)(C)C)n1. The Labute approximate surface area is 171 Å². The maximum atomic E-state index is 12.5. The number of hydrogen-bond donors (Lipinski definition) is 4. The molecule has 0 saturated heterocycles. The van der Waals surface area contributed by atoms with E-state index in [0.717, 1.165) is 5.56 Å². The average Bonchev–Trinajstić information content (AvgIpc) is 3.12. The van der Waals surface area contributed by atoms with Gasteiger partial charge in [0.15, 0.2) is 5.69 Å². The topological polar surface area (TPSA) is 130 Å². The van der Waals surface area contributed by atoms with Gasteiger partial charge in [-0.2, -0.15) is 0 Å². The first kappa shape index (κ1) is 22.4. The Morgan fingerprint density at radius 2 is 1.86 bits per heavy atom. The Kier molecular flexibility index (Phi) is 7.38. The Balaban J connectivity index is 2.25. The van der Waals surface area contributed by atoms with E-state index in [9.17, 15) is 18.0 Å². The van der Waals surface area contributed by atoms with Crippen LogP contribution < -0.4 is 10.0 Å². The number of carbonyl (C=O) groups is 2. The molecule has 3 N–H and O–H groups in total. The van der Waals surface area contributed by atoms with Crippen LogP contribution in [0, 0.1) is 5.41 Å². The first-order valence-corrected chi connectivity index (χ1v) is 10.3. The van der Waals surface area contributed by atoms with Crippen molar-refractivity contribution in [1.82, 2.24) is 15.3 Å². The van der Waals surface area contributed by atoms with E-state index in [2.05, 4.69) is 20.0 Å². The molecule has 1 heterocycles. The van der Waals surface area contributed by atoms with Crippen molar-refractivity contribution >= 4 is 28.5 Å². The molecule has 0 spiro atoms. The van der Waals surface area contributed by atoms with Gasteiger partial charge in [0.1, 0.15) is 5.82 Å². The number of hydrogen-bond acceptors (Lipinski definition) is 6. The number of nitrogens with zero attached hydrogens (tertiary/aromatic N) is 1. The molecule has 9 nitrogen and oxygen atoms in total. The zero-order valence-electron chi connectivity index (χ0n) is 16.8. The minimum Gasteiger partial charge on any atom is -0.461 e. The lowest BCUT2D eigenvalue weighted by molar-refractivity contribution is -0.129. The van der Waals surface area contributed by atoms with Crippen LogP contribution >= 0.6 is 0 Å². The van der Waals surface area contributed by atoms with Gasteiger partial charge in [-0.05, 0) is 31.0 Å². The third-order valence-corrected chi connectivity index (χ3v) is 4.45. The Morgan fingerprint density at radius 3 is 2.41 bits per heavy atom. The van der Waals surface area contributed by atoms with Crippen molar-refractivity contribution in [2.24, 2.45) is 5.41 Å². The van der Waals surface area contributed by atoms with Crippen LogP contribution in [0.25, 0.3) is 0 Å². The van der Waals surface area contributed by atoms with Crippen LogP contribution in [0.3, 0.4) is 0 Å². The van der Waals surface area contributed by atoms with Crippen LogP contribution in [-0.4, -0.2) is 36.9 Å². The number of ether oxygens (including phenoxy) is 1. The second-order valence-corrected chi connectivity index (χ2v) is 8.18. The summed E-state index contributed by atoms with van der Waals surface area (Å²) in [6.07, 6.45) is 1.84. The van der Waals surface area contributed by atoms with E-state index in [0.29, 0.717) is 17.9 Å². The van der Waals surface area contributed by atoms with Crippen LogP contribution in [0.5, 0.6) is 0 Å². The van der Waals surface area contributed by atoms with Crippen LogP contribution in [0.4, 0.5) is 5.69 Å². The Morgan fingerprint density at radius 1 is 1.21 bits per heavy atom. The van der Waals surface area contributed by atoms with Gasteiger partial charge in [-0.1, -0.05) is 32.9 Å². The number of H-pyrrole nitrogens is 1. The van der Waals surface area contributed by atoms with Gasteiger partial charge in [0, 0.05) is 17.3 Å². The fourth-order valence-electron chi connectivity index (χ4n) is 2.47. The van der Waals surface area contributed by atoms with Crippen LogP contribution in [0.15, 0.2) is 30.5 Å². The van der Waals surface area contributed by atoms with Crippen LogP contribution in [0.1, 0.15) is 55.6 Å². The molecule has 2 aromatic rings. The summed E-state index contributed by atoms with van der Waals surface area (Å²) >= 11 is 0. The highest BCUT2D eigenvalue weighted by Crippen LogP contribution is 2.21.